The van der Waals surface area contributed by atoms with Crippen LogP contribution in [0.2, 0.25) is 0 Å². The van der Waals surface area contributed by atoms with E-state index >= 15 is 0 Å². The Labute approximate surface area is 159 Å². The van der Waals surface area contributed by atoms with Gasteiger partial charge in [-0.2, -0.15) is 0 Å². The van der Waals surface area contributed by atoms with Crippen LogP contribution in [0.1, 0.15) is 16.1 Å². The molecule has 0 unspecified atom stereocenters. The summed E-state index contributed by atoms with van der Waals surface area (Å²) in [6, 6.07) is 12.8. The molecule has 0 spiro atoms. The normalized spacial score (nSPS) is 11.8. The fraction of sp³-hybridized carbons (Fsp3) is 0.105. The van der Waals surface area contributed by atoms with Gasteiger partial charge in [0.05, 0.1) is 0 Å². The SMILES string of the molecule is Cc1cc(NC(=O)Nc2cccc(NC(=O)c3ccc4c(c3)OCO4)c2)no1. The average molecular weight is 380 g/mol. The van der Waals surface area contributed by atoms with Crippen LogP contribution in [0.3, 0.4) is 0 Å². The lowest BCUT2D eigenvalue weighted by Crippen LogP contribution is -2.19. The molecular weight excluding hydrogens is 364 g/mol. The Kier molecular flexibility index (Phi) is 4.55. The van der Waals surface area contributed by atoms with Crippen LogP contribution in [0.15, 0.2) is 53.1 Å². The summed E-state index contributed by atoms with van der Waals surface area (Å²) in [5.74, 6) is 1.72. The zero-order valence-electron chi connectivity index (χ0n) is 14.8. The summed E-state index contributed by atoms with van der Waals surface area (Å²) < 4.78 is 15.4. The van der Waals surface area contributed by atoms with E-state index in [4.69, 9.17) is 14.0 Å². The van der Waals surface area contributed by atoms with E-state index in [0.717, 1.165) is 0 Å². The smallest absolute Gasteiger partial charge is 0.324 e. The van der Waals surface area contributed by atoms with Crippen molar-refractivity contribution in [1.29, 1.82) is 0 Å². The highest BCUT2D eigenvalue weighted by molar-refractivity contribution is 6.05. The average Bonchev–Trinajstić information content (AvgIpc) is 3.29. The number of aromatic nitrogens is 1. The van der Waals surface area contributed by atoms with Crippen LogP contribution in [0, 0.1) is 6.92 Å². The fourth-order valence-electron chi connectivity index (χ4n) is 2.62. The molecule has 4 rings (SSSR count). The van der Waals surface area contributed by atoms with E-state index in [1.54, 1.807) is 55.5 Å². The number of benzene rings is 2. The second-order valence-corrected chi connectivity index (χ2v) is 6.00. The Hall–Kier alpha value is -4.01. The first-order valence-corrected chi connectivity index (χ1v) is 8.39. The van der Waals surface area contributed by atoms with E-state index < -0.39 is 6.03 Å². The summed E-state index contributed by atoms with van der Waals surface area (Å²) in [6.07, 6.45) is 0. The van der Waals surface area contributed by atoms with Crippen LogP contribution >= 0.6 is 0 Å². The summed E-state index contributed by atoms with van der Waals surface area (Å²) in [4.78, 5) is 24.5. The Bertz CT molecular complexity index is 1050. The summed E-state index contributed by atoms with van der Waals surface area (Å²) >= 11 is 0. The van der Waals surface area contributed by atoms with Gasteiger partial charge in [0, 0.05) is 23.0 Å². The van der Waals surface area contributed by atoms with Gasteiger partial charge in [-0.1, -0.05) is 11.2 Å². The summed E-state index contributed by atoms with van der Waals surface area (Å²) in [5.41, 5.74) is 1.46. The number of aryl methyl sites for hydroxylation is 1. The van der Waals surface area contributed by atoms with Crippen molar-refractivity contribution in [1.82, 2.24) is 5.16 Å². The quantitative estimate of drug-likeness (QED) is 0.637. The molecule has 3 aromatic rings. The predicted octanol–water partition coefficient (Wildman–Crippen LogP) is 3.61. The highest BCUT2D eigenvalue weighted by Gasteiger charge is 2.16. The van der Waals surface area contributed by atoms with Crippen molar-refractivity contribution in [2.45, 2.75) is 6.92 Å². The highest BCUT2D eigenvalue weighted by Crippen LogP contribution is 2.32. The Balaban J connectivity index is 1.40. The number of nitrogens with one attached hydrogen (secondary N) is 3. The third-order valence-electron chi connectivity index (χ3n) is 3.88. The van der Waals surface area contributed by atoms with Crippen LogP contribution in [0.4, 0.5) is 22.0 Å². The molecule has 3 N–H and O–H groups in total. The minimum Gasteiger partial charge on any atom is -0.454 e. The molecule has 1 aromatic heterocycles. The van der Waals surface area contributed by atoms with E-state index in [1.165, 1.54) is 0 Å². The monoisotopic (exact) mass is 380 g/mol. The molecule has 0 saturated carbocycles. The number of rotatable bonds is 4. The van der Waals surface area contributed by atoms with Crippen molar-refractivity contribution in [2.75, 3.05) is 22.7 Å². The van der Waals surface area contributed by atoms with Gasteiger partial charge >= 0.3 is 6.03 Å². The lowest BCUT2D eigenvalue weighted by molar-refractivity contribution is 0.102. The number of anilines is 3. The van der Waals surface area contributed by atoms with Crippen LogP contribution in [0.25, 0.3) is 0 Å². The van der Waals surface area contributed by atoms with Gasteiger partial charge in [0.2, 0.25) is 6.79 Å². The molecule has 0 saturated heterocycles. The molecule has 9 nitrogen and oxygen atoms in total. The maximum atomic E-state index is 12.5. The van der Waals surface area contributed by atoms with E-state index in [-0.39, 0.29) is 12.7 Å². The van der Waals surface area contributed by atoms with E-state index in [2.05, 4.69) is 21.1 Å². The number of amides is 3. The Morgan fingerprint density at radius 1 is 0.929 bits per heavy atom. The Morgan fingerprint density at radius 3 is 2.50 bits per heavy atom. The number of nitrogens with zero attached hydrogens (tertiary/aromatic N) is 1. The lowest BCUT2D eigenvalue weighted by Gasteiger charge is -2.09. The molecule has 0 atom stereocenters. The van der Waals surface area contributed by atoms with Crippen LogP contribution in [-0.2, 0) is 0 Å². The first kappa shape index (κ1) is 17.4. The number of carbonyl (C=O) groups is 2. The second kappa shape index (κ2) is 7.31. The van der Waals surface area contributed by atoms with Crippen molar-refractivity contribution in [2.24, 2.45) is 0 Å². The topological polar surface area (TPSA) is 115 Å². The summed E-state index contributed by atoms with van der Waals surface area (Å²) in [6.45, 7) is 1.87. The molecule has 3 amide bonds. The van der Waals surface area contributed by atoms with Gasteiger partial charge in [-0.05, 0) is 43.3 Å². The molecule has 2 aromatic carbocycles. The minimum atomic E-state index is -0.479. The molecule has 2 heterocycles. The first-order valence-electron chi connectivity index (χ1n) is 8.39. The maximum absolute atomic E-state index is 12.5. The van der Waals surface area contributed by atoms with E-state index in [0.29, 0.717) is 40.0 Å². The number of ether oxygens (including phenoxy) is 2. The van der Waals surface area contributed by atoms with Crippen LogP contribution in [0.5, 0.6) is 11.5 Å². The van der Waals surface area contributed by atoms with Gasteiger partial charge in [0.25, 0.3) is 5.91 Å². The van der Waals surface area contributed by atoms with Crippen molar-refractivity contribution >= 4 is 29.1 Å². The van der Waals surface area contributed by atoms with Gasteiger partial charge in [-0.25, -0.2) is 4.79 Å². The Morgan fingerprint density at radius 2 is 1.71 bits per heavy atom. The standard InChI is InChI=1S/C19H16N4O5/c1-11-7-17(23-28-11)22-19(25)21-14-4-2-3-13(9-14)20-18(24)12-5-6-15-16(8-12)27-10-26-15/h2-9H,10H2,1H3,(H,20,24)(H2,21,22,23,25). The molecule has 1 aliphatic rings. The highest BCUT2D eigenvalue weighted by atomic mass is 16.7. The number of hydrogen-bond donors (Lipinski definition) is 3. The van der Waals surface area contributed by atoms with Gasteiger partial charge in [0.15, 0.2) is 17.3 Å². The maximum Gasteiger partial charge on any atom is 0.324 e. The molecule has 142 valence electrons. The molecule has 1 aliphatic heterocycles. The predicted molar refractivity (Wildman–Crippen MR) is 101 cm³/mol. The number of fused-ring (bicyclic) bond motifs is 1. The molecule has 0 fully saturated rings. The van der Waals surface area contributed by atoms with Crippen molar-refractivity contribution in [3.63, 3.8) is 0 Å². The summed E-state index contributed by atoms with van der Waals surface area (Å²) in [5, 5.41) is 11.7. The molecule has 0 bridgehead atoms. The van der Waals surface area contributed by atoms with E-state index in [9.17, 15) is 9.59 Å². The van der Waals surface area contributed by atoms with E-state index in [1.807, 2.05) is 0 Å². The summed E-state index contributed by atoms with van der Waals surface area (Å²) in [7, 11) is 0. The molecule has 9 heteroatoms. The third kappa shape index (κ3) is 3.88. The minimum absolute atomic E-state index is 0.143. The number of hydrogen-bond acceptors (Lipinski definition) is 6. The zero-order chi connectivity index (χ0) is 19.5. The van der Waals surface area contributed by atoms with Gasteiger partial charge in [0.1, 0.15) is 5.76 Å². The zero-order valence-corrected chi connectivity index (χ0v) is 14.8. The number of carbonyl (C=O) groups excluding carboxylic acids is 2. The van der Waals surface area contributed by atoms with Gasteiger partial charge in [-0.15, -0.1) is 0 Å². The molecule has 0 aliphatic carbocycles. The van der Waals surface area contributed by atoms with Crippen LogP contribution in [-0.4, -0.2) is 23.9 Å². The second-order valence-electron chi connectivity index (χ2n) is 6.00. The third-order valence-corrected chi connectivity index (χ3v) is 3.88. The molecule has 0 radical (unpaired) electrons. The molecular formula is C19H16N4O5. The van der Waals surface area contributed by atoms with Gasteiger partial charge in [-0.3, -0.25) is 10.1 Å². The number of urea groups is 1. The fourth-order valence-corrected chi connectivity index (χ4v) is 2.62. The lowest BCUT2D eigenvalue weighted by atomic mass is 10.2. The van der Waals surface area contributed by atoms with Crippen molar-refractivity contribution in [3.05, 3.63) is 59.9 Å². The molecule has 28 heavy (non-hydrogen) atoms. The van der Waals surface area contributed by atoms with Crippen LogP contribution < -0.4 is 25.4 Å². The first-order chi connectivity index (χ1) is 13.6. The van der Waals surface area contributed by atoms with Crippen molar-refractivity contribution in [3.8, 4) is 11.5 Å². The largest absolute Gasteiger partial charge is 0.454 e. The van der Waals surface area contributed by atoms with Crippen molar-refractivity contribution < 1.29 is 23.6 Å². The van der Waals surface area contributed by atoms with Gasteiger partial charge < -0.3 is 24.6 Å².